The van der Waals surface area contributed by atoms with Gasteiger partial charge in [-0.05, 0) is 42.8 Å². The van der Waals surface area contributed by atoms with E-state index in [9.17, 15) is 9.18 Å². The molecule has 7 heteroatoms. The summed E-state index contributed by atoms with van der Waals surface area (Å²) in [5.74, 6) is -0.442. The molecule has 1 amide bonds. The van der Waals surface area contributed by atoms with E-state index in [2.05, 4.69) is 46.4 Å². The summed E-state index contributed by atoms with van der Waals surface area (Å²) in [4.78, 5) is 19.6. The van der Waals surface area contributed by atoms with Crippen LogP contribution in [0.1, 0.15) is 22.9 Å². The van der Waals surface area contributed by atoms with Gasteiger partial charge in [-0.25, -0.2) is 9.37 Å². The molecule has 32 heavy (non-hydrogen) atoms. The van der Waals surface area contributed by atoms with E-state index in [4.69, 9.17) is 4.74 Å². The molecule has 0 bridgehead atoms. The number of thiazole rings is 1. The number of nitrogens with one attached hydrogen (secondary N) is 1. The molecule has 1 fully saturated rings. The summed E-state index contributed by atoms with van der Waals surface area (Å²) in [5.41, 5.74) is 3.82. The molecule has 0 saturated carbocycles. The highest BCUT2D eigenvalue weighted by Gasteiger charge is 2.19. The standard InChI is InChI=1S/C25H26FN3O2S/c1-18-2-4-19(5-3-18)23(16-29-12-14-31-15-13-29)28-24(30)11-10-22-17-32-25(27-22)20-6-8-21(26)9-7-20/h2-11,17,23H,12-16H2,1H3,(H,28,30)/b11-10+. The summed E-state index contributed by atoms with van der Waals surface area (Å²) >= 11 is 1.46. The van der Waals surface area contributed by atoms with Crippen LogP contribution in [0.4, 0.5) is 4.39 Å². The first-order valence-electron chi connectivity index (χ1n) is 10.6. The summed E-state index contributed by atoms with van der Waals surface area (Å²) in [7, 11) is 0. The van der Waals surface area contributed by atoms with E-state index in [1.54, 1.807) is 18.2 Å². The Kier molecular flexibility index (Phi) is 7.42. The Bertz CT molecular complexity index is 1060. The van der Waals surface area contributed by atoms with Crippen LogP contribution < -0.4 is 5.32 Å². The average molecular weight is 452 g/mol. The van der Waals surface area contributed by atoms with Gasteiger partial charge in [-0.15, -0.1) is 11.3 Å². The molecule has 4 rings (SSSR count). The van der Waals surface area contributed by atoms with Crippen molar-refractivity contribution in [3.63, 3.8) is 0 Å². The highest BCUT2D eigenvalue weighted by atomic mass is 32.1. The van der Waals surface area contributed by atoms with Crippen molar-refractivity contribution in [2.75, 3.05) is 32.8 Å². The number of benzene rings is 2. The fourth-order valence-electron chi connectivity index (χ4n) is 3.54. The van der Waals surface area contributed by atoms with Gasteiger partial charge in [0.25, 0.3) is 0 Å². The number of hydrogen-bond acceptors (Lipinski definition) is 5. The molecule has 1 aliphatic heterocycles. The van der Waals surface area contributed by atoms with Gasteiger partial charge < -0.3 is 10.1 Å². The topological polar surface area (TPSA) is 54.5 Å². The van der Waals surface area contributed by atoms with Crippen molar-refractivity contribution in [3.05, 3.63) is 82.6 Å². The van der Waals surface area contributed by atoms with E-state index in [0.29, 0.717) is 18.9 Å². The summed E-state index contributed by atoms with van der Waals surface area (Å²) in [5, 5.41) is 5.81. The SMILES string of the molecule is Cc1ccc(C(CN2CCOCC2)NC(=O)/C=C/c2csc(-c3ccc(F)cc3)n2)cc1. The Balaban J connectivity index is 1.42. The molecule has 3 aromatic rings. The number of carbonyl (C=O) groups excluding carboxylic acids is 1. The zero-order chi connectivity index (χ0) is 22.3. The highest BCUT2D eigenvalue weighted by Crippen LogP contribution is 2.24. The number of aryl methyl sites for hydroxylation is 1. The van der Waals surface area contributed by atoms with Gasteiger partial charge >= 0.3 is 0 Å². The number of nitrogens with zero attached hydrogens (tertiary/aromatic N) is 2. The van der Waals surface area contributed by atoms with Gasteiger partial charge in [-0.3, -0.25) is 9.69 Å². The third-order valence-corrected chi connectivity index (χ3v) is 6.27. The second kappa shape index (κ2) is 10.6. The Morgan fingerprint density at radius 1 is 1.19 bits per heavy atom. The van der Waals surface area contributed by atoms with Crippen molar-refractivity contribution < 1.29 is 13.9 Å². The lowest BCUT2D eigenvalue weighted by Crippen LogP contribution is -2.42. The van der Waals surface area contributed by atoms with Crippen molar-refractivity contribution in [1.29, 1.82) is 0 Å². The van der Waals surface area contributed by atoms with Crippen LogP contribution in [0.5, 0.6) is 0 Å². The number of rotatable bonds is 7. The van der Waals surface area contributed by atoms with E-state index in [1.807, 2.05) is 5.38 Å². The van der Waals surface area contributed by atoms with E-state index in [0.717, 1.165) is 35.8 Å². The van der Waals surface area contributed by atoms with E-state index in [1.165, 1.54) is 35.1 Å². The van der Waals surface area contributed by atoms with Gasteiger partial charge in [0.15, 0.2) is 0 Å². The number of morpholine rings is 1. The quantitative estimate of drug-likeness (QED) is 0.539. The number of carbonyl (C=O) groups is 1. The first-order chi connectivity index (χ1) is 15.6. The smallest absolute Gasteiger partial charge is 0.244 e. The van der Waals surface area contributed by atoms with Crippen LogP contribution in [0.25, 0.3) is 16.6 Å². The van der Waals surface area contributed by atoms with Crippen LogP contribution in [0, 0.1) is 12.7 Å². The van der Waals surface area contributed by atoms with Gasteiger partial charge in [0.1, 0.15) is 10.8 Å². The maximum absolute atomic E-state index is 13.1. The van der Waals surface area contributed by atoms with Crippen molar-refractivity contribution in [3.8, 4) is 10.6 Å². The minimum absolute atomic E-state index is 0.115. The third-order valence-electron chi connectivity index (χ3n) is 5.36. The second-order valence-electron chi connectivity index (χ2n) is 7.80. The van der Waals surface area contributed by atoms with Crippen LogP contribution in [0.15, 0.2) is 60.0 Å². The first-order valence-corrected chi connectivity index (χ1v) is 11.5. The first kappa shape index (κ1) is 22.3. The summed E-state index contributed by atoms with van der Waals surface area (Å²) in [6, 6.07) is 14.4. The molecule has 2 heterocycles. The largest absolute Gasteiger partial charge is 0.379 e. The Hall–Kier alpha value is -2.87. The minimum atomic E-state index is -0.276. The number of hydrogen-bond donors (Lipinski definition) is 1. The monoisotopic (exact) mass is 451 g/mol. The van der Waals surface area contributed by atoms with Gasteiger partial charge in [0, 0.05) is 36.7 Å². The molecular formula is C25H26FN3O2S. The van der Waals surface area contributed by atoms with E-state index < -0.39 is 0 Å². The van der Waals surface area contributed by atoms with E-state index >= 15 is 0 Å². The highest BCUT2D eigenvalue weighted by molar-refractivity contribution is 7.13. The third kappa shape index (κ3) is 6.09. The van der Waals surface area contributed by atoms with Crippen LogP contribution in [-0.4, -0.2) is 48.6 Å². The molecule has 166 valence electrons. The Morgan fingerprint density at radius 2 is 1.91 bits per heavy atom. The zero-order valence-electron chi connectivity index (χ0n) is 18.0. The van der Waals surface area contributed by atoms with Crippen molar-refractivity contribution in [1.82, 2.24) is 15.2 Å². The fraction of sp³-hybridized carbons (Fsp3) is 0.280. The second-order valence-corrected chi connectivity index (χ2v) is 8.66. The lowest BCUT2D eigenvalue weighted by molar-refractivity contribution is -0.117. The molecule has 1 unspecified atom stereocenters. The molecule has 2 aromatic carbocycles. The van der Waals surface area contributed by atoms with Crippen molar-refractivity contribution in [2.45, 2.75) is 13.0 Å². The summed E-state index contributed by atoms with van der Waals surface area (Å²) in [6.07, 6.45) is 3.23. The lowest BCUT2D eigenvalue weighted by Gasteiger charge is -2.31. The molecule has 1 aliphatic rings. The van der Waals surface area contributed by atoms with Crippen LogP contribution in [0.2, 0.25) is 0 Å². The molecule has 0 aliphatic carbocycles. The molecule has 1 saturated heterocycles. The number of aromatic nitrogens is 1. The lowest BCUT2D eigenvalue weighted by atomic mass is 10.0. The molecule has 0 radical (unpaired) electrons. The minimum Gasteiger partial charge on any atom is -0.379 e. The average Bonchev–Trinajstić information content (AvgIpc) is 3.28. The molecule has 0 spiro atoms. The fourth-order valence-corrected chi connectivity index (χ4v) is 4.34. The summed E-state index contributed by atoms with van der Waals surface area (Å²) in [6.45, 7) is 5.94. The van der Waals surface area contributed by atoms with Crippen LogP contribution in [-0.2, 0) is 9.53 Å². The molecule has 1 aromatic heterocycles. The Labute approximate surface area is 191 Å². The maximum Gasteiger partial charge on any atom is 0.244 e. The van der Waals surface area contributed by atoms with E-state index in [-0.39, 0.29) is 17.8 Å². The zero-order valence-corrected chi connectivity index (χ0v) is 18.8. The predicted molar refractivity (Wildman–Crippen MR) is 126 cm³/mol. The van der Waals surface area contributed by atoms with Crippen LogP contribution >= 0.6 is 11.3 Å². The van der Waals surface area contributed by atoms with Crippen LogP contribution in [0.3, 0.4) is 0 Å². The van der Waals surface area contributed by atoms with Gasteiger partial charge in [-0.2, -0.15) is 0 Å². The van der Waals surface area contributed by atoms with Gasteiger partial charge in [-0.1, -0.05) is 29.8 Å². The number of halogens is 1. The summed E-state index contributed by atoms with van der Waals surface area (Å²) < 4.78 is 18.6. The van der Waals surface area contributed by atoms with Crippen molar-refractivity contribution in [2.24, 2.45) is 0 Å². The molecular weight excluding hydrogens is 425 g/mol. The molecule has 1 atom stereocenters. The van der Waals surface area contributed by atoms with Gasteiger partial charge in [0.2, 0.25) is 5.91 Å². The Morgan fingerprint density at radius 3 is 2.62 bits per heavy atom. The normalized spacial score (nSPS) is 15.7. The molecule has 1 N–H and O–H groups in total. The predicted octanol–water partition coefficient (Wildman–Crippen LogP) is 4.46. The van der Waals surface area contributed by atoms with Gasteiger partial charge in [0.05, 0.1) is 24.9 Å². The number of ether oxygens (including phenoxy) is 1. The molecule has 5 nitrogen and oxygen atoms in total. The maximum atomic E-state index is 13.1. The number of amides is 1. The van der Waals surface area contributed by atoms with Crippen molar-refractivity contribution >= 4 is 23.3 Å².